The maximum atomic E-state index is 3.79. The van der Waals surface area contributed by atoms with Crippen LogP contribution in [0.4, 0.5) is 0 Å². The molecule has 0 aliphatic carbocycles. The van der Waals surface area contributed by atoms with Crippen molar-refractivity contribution in [3.63, 3.8) is 0 Å². The first-order chi connectivity index (χ1) is 23.8. The number of para-hydroxylation sites is 2. The first-order valence-corrected chi connectivity index (χ1v) is 18.5. The van der Waals surface area contributed by atoms with Gasteiger partial charge in [0.25, 0.3) is 0 Å². The lowest BCUT2D eigenvalue weighted by Gasteiger charge is -2.09. The third-order valence-electron chi connectivity index (χ3n) is 9.83. The Morgan fingerprint density at radius 3 is 1.21 bits per heavy atom. The van der Waals surface area contributed by atoms with Gasteiger partial charge in [-0.1, -0.05) is 97.1 Å². The molecular weight excluding hydrogens is 585 g/mol. The number of aromatic nitrogens is 2. The summed E-state index contributed by atoms with van der Waals surface area (Å²) < 4.78 is 0. The Morgan fingerprint density at radius 2 is 0.750 bits per heavy atom. The van der Waals surface area contributed by atoms with Crippen molar-refractivity contribution in [1.82, 2.24) is 20.6 Å². The summed E-state index contributed by atoms with van der Waals surface area (Å²) in [6.45, 7) is 4.22. The fourth-order valence-electron chi connectivity index (χ4n) is 7.24. The normalized spacial score (nSPS) is 11.6. The van der Waals surface area contributed by atoms with Gasteiger partial charge in [0.15, 0.2) is 0 Å². The van der Waals surface area contributed by atoms with Gasteiger partial charge in [-0.25, -0.2) is 0 Å². The SMILES string of the molecule is c1ccc(CCCCNCCc2c(CCCCc3[nH]c4ccccc4c3CCNCCCCc3ccccc3)[nH]c3ccccc23)cc1. The van der Waals surface area contributed by atoms with Crippen molar-refractivity contribution >= 4 is 21.8 Å². The predicted molar refractivity (Wildman–Crippen MR) is 205 cm³/mol. The molecule has 0 aliphatic rings. The number of nitrogens with one attached hydrogen (secondary N) is 4. The van der Waals surface area contributed by atoms with Crippen LogP contribution in [0, 0.1) is 0 Å². The van der Waals surface area contributed by atoms with E-state index >= 15 is 0 Å². The van der Waals surface area contributed by atoms with Crippen LogP contribution < -0.4 is 10.6 Å². The summed E-state index contributed by atoms with van der Waals surface area (Å²) in [6.07, 6.45) is 13.9. The van der Waals surface area contributed by atoms with Crippen LogP contribution >= 0.6 is 0 Å². The van der Waals surface area contributed by atoms with Crippen molar-refractivity contribution < 1.29 is 0 Å². The fraction of sp³-hybridized carbons (Fsp3) is 0.364. The molecule has 0 radical (unpaired) electrons. The molecule has 0 spiro atoms. The van der Waals surface area contributed by atoms with E-state index in [2.05, 4.69) is 130 Å². The lowest BCUT2D eigenvalue weighted by molar-refractivity contribution is 0.619. The molecule has 0 saturated carbocycles. The molecule has 0 bridgehead atoms. The van der Waals surface area contributed by atoms with E-state index in [1.165, 1.54) is 107 Å². The average molecular weight is 639 g/mol. The van der Waals surface area contributed by atoms with E-state index < -0.39 is 0 Å². The molecule has 4 N–H and O–H groups in total. The van der Waals surface area contributed by atoms with Crippen LogP contribution in [0.25, 0.3) is 21.8 Å². The molecule has 2 aromatic heterocycles. The summed E-state index contributed by atoms with van der Waals surface area (Å²) >= 11 is 0. The van der Waals surface area contributed by atoms with Crippen LogP contribution in [0.1, 0.15) is 72.2 Å². The highest BCUT2D eigenvalue weighted by Crippen LogP contribution is 2.26. The molecule has 0 amide bonds. The van der Waals surface area contributed by atoms with E-state index in [1.807, 2.05) is 0 Å². The third kappa shape index (κ3) is 9.71. The van der Waals surface area contributed by atoms with Crippen LogP contribution in [0.5, 0.6) is 0 Å². The minimum atomic E-state index is 1.03. The molecule has 250 valence electrons. The van der Waals surface area contributed by atoms with Crippen molar-refractivity contribution in [3.05, 3.63) is 143 Å². The van der Waals surface area contributed by atoms with E-state index in [4.69, 9.17) is 0 Å². The monoisotopic (exact) mass is 638 g/mol. The van der Waals surface area contributed by atoms with Crippen LogP contribution in [0.2, 0.25) is 0 Å². The summed E-state index contributed by atoms with van der Waals surface area (Å²) in [5, 5.41) is 10.2. The van der Waals surface area contributed by atoms with Crippen LogP contribution in [-0.4, -0.2) is 36.1 Å². The highest BCUT2D eigenvalue weighted by molar-refractivity contribution is 5.85. The number of fused-ring (bicyclic) bond motifs is 2. The topological polar surface area (TPSA) is 55.6 Å². The first kappa shape index (κ1) is 33.8. The predicted octanol–water partition coefficient (Wildman–Crippen LogP) is 9.52. The van der Waals surface area contributed by atoms with Gasteiger partial charge in [-0.05, 0) is 138 Å². The zero-order chi connectivity index (χ0) is 32.6. The molecule has 0 aliphatic heterocycles. The number of unbranched alkanes of at least 4 members (excludes halogenated alkanes) is 3. The number of aryl methyl sites for hydroxylation is 4. The van der Waals surface area contributed by atoms with Gasteiger partial charge in [0.2, 0.25) is 0 Å². The maximum Gasteiger partial charge on any atom is 0.0458 e. The number of hydrogen-bond acceptors (Lipinski definition) is 2. The van der Waals surface area contributed by atoms with Gasteiger partial charge in [-0.3, -0.25) is 0 Å². The smallest absolute Gasteiger partial charge is 0.0458 e. The molecule has 0 unspecified atom stereocenters. The van der Waals surface area contributed by atoms with Crippen molar-refractivity contribution in [2.75, 3.05) is 26.2 Å². The molecule has 48 heavy (non-hydrogen) atoms. The number of hydrogen-bond donors (Lipinski definition) is 4. The Kier molecular flexibility index (Phi) is 13.0. The quantitative estimate of drug-likeness (QED) is 0.0594. The van der Waals surface area contributed by atoms with Gasteiger partial charge >= 0.3 is 0 Å². The van der Waals surface area contributed by atoms with Gasteiger partial charge in [0.05, 0.1) is 0 Å². The number of aromatic amines is 2. The zero-order valence-electron chi connectivity index (χ0n) is 28.7. The molecule has 4 heteroatoms. The van der Waals surface area contributed by atoms with Gasteiger partial charge in [-0.15, -0.1) is 0 Å². The summed E-state index contributed by atoms with van der Waals surface area (Å²) in [5.41, 5.74) is 11.3. The Hall–Kier alpha value is -4.12. The van der Waals surface area contributed by atoms with Crippen LogP contribution in [0.15, 0.2) is 109 Å². The molecule has 6 aromatic rings. The summed E-state index contributed by atoms with van der Waals surface area (Å²) in [6, 6.07) is 39.4. The number of benzene rings is 4. The van der Waals surface area contributed by atoms with Crippen molar-refractivity contribution in [1.29, 1.82) is 0 Å². The Bertz CT molecular complexity index is 1650. The molecule has 4 aromatic carbocycles. The third-order valence-corrected chi connectivity index (χ3v) is 9.83. The maximum absolute atomic E-state index is 3.79. The molecule has 4 nitrogen and oxygen atoms in total. The molecule has 2 heterocycles. The van der Waals surface area contributed by atoms with Gasteiger partial charge < -0.3 is 20.6 Å². The lowest BCUT2D eigenvalue weighted by atomic mass is 10.0. The van der Waals surface area contributed by atoms with Crippen molar-refractivity contribution in [3.8, 4) is 0 Å². The number of rotatable bonds is 21. The van der Waals surface area contributed by atoms with E-state index in [1.54, 1.807) is 0 Å². The second kappa shape index (κ2) is 18.4. The van der Waals surface area contributed by atoms with Crippen molar-refractivity contribution in [2.45, 2.75) is 77.0 Å². The lowest BCUT2D eigenvalue weighted by Crippen LogP contribution is -2.19. The Morgan fingerprint density at radius 1 is 0.354 bits per heavy atom. The van der Waals surface area contributed by atoms with Crippen molar-refractivity contribution in [2.24, 2.45) is 0 Å². The second-order valence-electron chi connectivity index (χ2n) is 13.3. The molecule has 0 atom stereocenters. The molecule has 6 rings (SSSR count). The molecule has 0 saturated heterocycles. The van der Waals surface area contributed by atoms with Gasteiger partial charge in [-0.2, -0.15) is 0 Å². The zero-order valence-corrected chi connectivity index (χ0v) is 28.7. The van der Waals surface area contributed by atoms with Gasteiger partial charge in [0.1, 0.15) is 0 Å². The summed E-state index contributed by atoms with van der Waals surface area (Å²) in [7, 11) is 0. The van der Waals surface area contributed by atoms with E-state index in [0.717, 1.165) is 51.9 Å². The molecular formula is C44H54N4. The van der Waals surface area contributed by atoms with E-state index in [0.29, 0.717) is 0 Å². The first-order valence-electron chi connectivity index (χ1n) is 18.5. The highest BCUT2D eigenvalue weighted by atomic mass is 14.9. The minimum Gasteiger partial charge on any atom is -0.358 e. The highest BCUT2D eigenvalue weighted by Gasteiger charge is 2.13. The fourth-order valence-corrected chi connectivity index (χ4v) is 7.24. The Balaban J connectivity index is 0.957. The Labute approximate surface area is 287 Å². The average Bonchev–Trinajstić information content (AvgIpc) is 3.67. The van der Waals surface area contributed by atoms with Crippen LogP contribution in [0.3, 0.4) is 0 Å². The van der Waals surface area contributed by atoms with E-state index in [9.17, 15) is 0 Å². The minimum absolute atomic E-state index is 1.03. The second-order valence-corrected chi connectivity index (χ2v) is 13.3. The summed E-state index contributed by atoms with van der Waals surface area (Å²) in [5.74, 6) is 0. The number of H-pyrrole nitrogens is 2. The van der Waals surface area contributed by atoms with Crippen LogP contribution in [-0.2, 0) is 38.5 Å². The van der Waals surface area contributed by atoms with Gasteiger partial charge in [0, 0.05) is 33.2 Å². The largest absolute Gasteiger partial charge is 0.358 e. The molecule has 0 fully saturated rings. The summed E-state index contributed by atoms with van der Waals surface area (Å²) in [4.78, 5) is 7.58. The van der Waals surface area contributed by atoms with E-state index in [-0.39, 0.29) is 0 Å². The standard InChI is InChI=1S/C44H54N4/c1-3-17-35(18-4-1)21-13-15-31-45-33-29-39-37-23-7-9-25-41(37)47-43(39)27-11-12-28-44-40(38-24-8-10-26-42(38)48-44)30-34-46-32-16-14-22-36-19-5-2-6-20-36/h1-10,17-20,23-26,45-48H,11-16,21-22,27-34H2.